The second kappa shape index (κ2) is 4.54. The third-order valence-electron chi connectivity index (χ3n) is 3.01. The summed E-state index contributed by atoms with van der Waals surface area (Å²) < 4.78 is 5.50. The number of benzene rings is 1. The van der Waals surface area contributed by atoms with Crippen molar-refractivity contribution in [2.24, 2.45) is 0 Å². The molecule has 1 heterocycles. The predicted octanol–water partition coefficient (Wildman–Crippen LogP) is 3.44. The van der Waals surface area contributed by atoms with Crippen LogP contribution in [0.5, 0.6) is 0 Å². The number of nitrogens with one attached hydrogen (secondary N) is 1. The van der Waals surface area contributed by atoms with Crippen molar-refractivity contribution in [3.05, 3.63) is 41.7 Å². The molecule has 2 heteroatoms. The molecule has 1 N–H and O–H groups in total. The number of furan rings is 1. The van der Waals surface area contributed by atoms with Crippen LogP contribution in [0, 0.1) is 0 Å². The van der Waals surface area contributed by atoms with E-state index in [0.717, 1.165) is 11.1 Å². The summed E-state index contributed by atoms with van der Waals surface area (Å²) in [6.07, 6.45) is 3.99. The second-order valence-corrected chi connectivity index (χ2v) is 4.09. The minimum atomic E-state index is 0.383. The lowest BCUT2D eigenvalue weighted by atomic mass is 10.1. The lowest BCUT2D eigenvalue weighted by Crippen LogP contribution is -2.21. The predicted molar refractivity (Wildman–Crippen MR) is 68.4 cm³/mol. The first kappa shape index (κ1) is 11.0. The SMILES string of the molecule is CNC(C)/C(C)=C/c1coc2ccccc12. The monoisotopic (exact) mass is 215 g/mol. The van der Waals surface area contributed by atoms with E-state index in [2.05, 4.69) is 31.3 Å². The van der Waals surface area contributed by atoms with E-state index in [1.165, 1.54) is 11.0 Å². The smallest absolute Gasteiger partial charge is 0.134 e. The zero-order valence-corrected chi connectivity index (χ0v) is 9.95. The molecule has 0 aliphatic carbocycles. The maximum Gasteiger partial charge on any atom is 0.134 e. The van der Waals surface area contributed by atoms with Gasteiger partial charge in [-0.1, -0.05) is 29.8 Å². The first-order valence-corrected chi connectivity index (χ1v) is 5.54. The standard InChI is InChI=1S/C14H17NO/c1-10(11(2)15-3)8-12-9-16-14-7-5-4-6-13(12)14/h4-9,11,15H,1-3H3/b10-8+. The summed E-state index contributed by atoms with van der Waals surface area (Å²) in [5.41, 5.74) is 3.39. The molecule has 1 atom stereocenters. The third kappa shape index (κ3) is 2.02. The van der Waals surface area contributed by atoms with Crippen LogP contribution in [0.25, 0.3) is 17.0 Å². The van der Waals surface area contributed by atoms with E-state index in [1.54, 1.807) is 0 Å². The van der Waals surface area contributed by atoms with Crippen molar-refractivity contribution in [3.8, 4) is 0 Å². The highest BCUT2D eigenvalue weighted by Gasteiger charge is 2.05. The van der Waals surface area contributed by atoms with Crippen LogP contribution in [-0.4, -0.2) is 13.1 Å². The Labute approximate surface area is 96.0 Å². The summed E-state index contributed by atoms with van der Waals surface area (Å²) in [7, 11) is 1.97. The van der Waals surface area contributed by atoms with Crippen LogP contribution in [0.15, 0.2) is 40.5 Å². The van der Waals surface area contributed by atoms with Gasteiger partial charge in [-0.2, -0.15) is 0 Å². The minimum Gasteiger partial charge on any atom is -0.464 e. The van der Waals surface area contributed by atoms with Gasteiger partial charge in [-0.05, 0) is 27.0 Å². The van der Waals surface area contributed by atoms with E-state index in [1.807, 2.05) is 31.5 Å². The molecule has 1 aromatic heterocycles. The van der Waals surface area contributed by atoms with E-state index in [9.17, 15) is 0 Å². The van der Waals surface area contributed by atoms with E-state index >= 15 is 0 Å². The molecule has 16 heavy (non-hydrogen) atoms. The highest BCUT2D eigenvalue weighted by atomic mass is 16.3. The number of para-hydroxylation sites is 1. The van der Waals surface area contributed by atoms with Crippen molar-refractivity contribution in [2.75, 3.05) is 7.05 Å². The molecule has 0 aliphatic rings. The second-order valence-electron chi connectivity index (χ2n) is 4.09. The summed E-state index contributed by atoms with van der Waals surface area (Å²) in [5.74, 6) is 0. The van der Waals surface area contributed by atoms with Crippen LogP contribution in [0.1, 0.15) is 19.4 Å². The molecule has 1 aromatic carbocycles. The number of rotatable bonds is 3. The van der Waals surface area contributed by atoms with Crippen molar-refractivity contribution in [3.63, 3.8) is 0 Å². The Morgan fingerprint density at radius 2 is 2.12 bits per heavy atom. The summed E-state index contributed by atoms with van der Waals surface area (Å²) >= 11 is 0. The Bertz CT molecular complexity index is 510. The van der Waals surface area contributed by atoms with E-state index in [4.69, 9.17) is 4.42 Å². The van der Waals surface area contributed by atoms with Crippen molar-refractivity contribution in [1.82, 2.24) is 5.32 Å². The maximum absolute atomic E-state index is 5.50. The summed E-state index contributed by atoms with van der Waals surface area (Å²) in [5, 5.41) is 4.40. The zero-order chi connectivity index (χ0) is 11.5. The van der Waals surface area contributed by atoms with Crippen LogP contribution >= 0.6 is 0 Å². The van der Waals surface area contributed by atoms with Gasteiger partial charge in [0, 0.05) is 17.0 Å². The fraction of sp³-hybridized carbons (Fsp3) is 0.286. The fourth-order valence-electron chi connectivity index (χ4n) is 1.71. The van der Waals surface area contributed by atoms with Crippen LogP contribution in [0.3, 0.4) is 0 Å². The summed E-state index contributed by atoms with van der Waals surface area (Å²) in [4.78, 5) is 0. The van der Waals surface area contributed by atoms with Gasteiger partial charge >= 0.3 is 0 Å². The first-order chi connectivity index (χ1) is 7.72. The zero-order valence-electron chi connectivity index (χ0n) is 9.95. The molecular weight excluding hydrogens is 198 g/mol. The van der Waals surface area contributed by atoms with Crippen molar-refractivity contribution in [1.29, 1.82) is 0 Å². The Kier molecular flexibility index (Phi) is 3.11. The normalized spacial score (nSPS) is 14.3. The molecule has 0 aliphatic heterocycles. The summed E-state index contributed by atoms with van der Waals surface area (Å²) in [6, 6.07) is 8.48. The number of hydrogen-bond acceptors (Lipinski definition) is 2. The van der Waals surface area contributed by atoms with Gasteiger partial charge in [0.2, 0.25) is 0 Å². The molecule has 0 saturated carbocycles. The average molecular weight is 215 g/mol. The van der Waals surface area contributed by atoms with Crippen LogP contribution in [-0.2, 0) is 0 Å². The Morgan fingerprint density at radius 3 is 2.88 bits per heavy atom. The number of fused-ring (bicyclic) bond motifs is 1. The molecule has 0 bridgehead atoms. The molecule has 0 amide bonds. The number of hydrogen-bond donors (Lipinski definition) is 1. The molecule has 2 nitrogen and oxygen atoms in total. The first-order valence-electron chi connectivity index (χ1n) is 5.54. The van der Waals surface area contributed by atoms with Crippen LogP contribution in [0.2, 0.25) is 0 Å². The topological polar surface area (TPSA) is 25.2 Å². The van der Waals surface area contributed by atoms with E-state index < -0.39 is 0 Å². The molecule has 1 unspecified atom stereocenters. The number of likely N-dealkylation sites (N-methyl/N-ethyl adjacent to an activating group) is 1. The lowest BCUT2D eigenvalue weighted by molar-refractivity contribution is 0.615. The van der Waals surface area contributed by atoms with Gasteiger partial charge in [0.1, 0.15) is 5.58 Å². The Hall–Kier alpha value is -1.54. The molecule has 0 fully saturated rings. The molecule has 2 aromatic rings. The van der Waals surface area contributed by atoms with Crippen molar-refractivity contribution in [2.45, 2.75) is 19.9 Å². The van der Waals surface area contributed by atoms with Gasteiger partial charge in [0.15, 0.2) is 0 Å². The van der Waals surface area contributed by atoms with Crippen molar-refractivity contribution >= 4 is 17.0 Å². The van der Waals surface area contributed by atoms with Gasteiger partial charge < -0.3 is 9.73 Å². The Balaban J connectivity index is 2.41. The molecule has 0 saturated heterocycles. The van der Waals surface area contributed by atoms with Gasteiger partial charge in [0.05, 0.1) is 6.26 Å². The molecule has 2 rings (SSSR count). The Morgan fingerprint density at radius 1 is 1.38 bits per heavy atom. The van der Waals surface area contributed by atoms with Gasteiger partial charge in [-0.15, -0.1) is 0 Å². The van der Waals surface area contributed by atoms with E-state index in [-0.39, 0.29) is 0 Å². The fourth-order valence-corrected chi connectivity index (χ4v) is 1.71. The van der Waals surface area contributed by atoms with Gasteiger partial charge in [-0.3, -0.25) is 0 Å². The van der Waals surface area contributed by atoms with Gasteiger partial charge in [0.25, 0.3) is 0 Å². The third-order valence-corrected chi connectivity index (χ3v) is 3.01. The minimum absolute atomic E-state index is 0.383. The van der Waals surface area contributed by atoms with Crippen molar-refractivity contribution < 1.29 is 4.42 Å². The highest BCUT2D eigenvalue weighted by Crippen LogP contribution is 2.23. The van der Waals surface area contributed by atoms with Gasteiger partial charge in [-0.25, -0.2) is 0 Å². The lowest BCUT2D eigenvalue weighted by Gasteiger charge is -2.09. The molecule has 0 spiro atoms. The molecule has 84 valence electrons. The maximum atomic E-state index is 5.50. The molecule has 0 radical (unpaired) electrons. The largest absolute Gasteiger partial charge is 0.464 e. The highest BCUT2D eigenvalue weighted by molar-refractivity contribution is 5.87. The average Bonchev–Trinajstić information content (AvgIpc) is 2.72. The molecular formula is C14H17NO. The van der Waals surface area contributed by atoms with Crippen LogP contribution in [0.4, 0.5) is 0 Å². The van der Waals surface area contributed by atoms with Crippen LogP contribution < -0.4 is 5.32 Å². The summed E-state index contributed by atoms with van der Waals surface area (Å²) in [6.45, 7) is 4.27. The van der Waals surface area contributed by atoms with E-state index in [0.29, 0.717) is 6.04 Å². The quantitative estimate of drug-likeness (QED) is 0.848.